The fraction of sp³-hybridized carbons (Fsp3) is 0.308. The summed E-state index contributed by atoms with van der Waals surface area (Å²) in [6.07, 6.45) is 8.09. The molecule has 0 radical (unpaired) electrons. The van der Waals surface area contributed by atoms with Gasteiger partial charge in [0.1, 0.15) is 5.82 Å². The number of rotatable bonds is 5. The fourth-order valence-corrected chi connectivity index (χ4v) is 4.45. The first-order valence-corrected chi connectivity index (χ1v) is 11.1. The predicted octanol–water partition coefficient (Wildman–Crippen LogP) is 4.26. The summed E-state index contributed by atoms with van der Waals surface area (Å²) in [7, 11) is 4.07. The van der Waals surface area contributed by atoms with Crippen molar-refractivity contribution in [2.75, 3.05) is 20.1 Å². The zero-order valence-corrected chi connectivity index (χ0v) is 18.5. The molecule has 0 aliphatic carbocycles. The Morgan fingerprint density at radius 1 is 1.03 bits per heavy atom. The average Bonchev–Trinajstić information content (AvgIpc) is 3.25. The summed E-state index contributed by atoms with van der Waals surface area (Å²) < 4.78 is 1.78. The van der Waals surface area contributed by atoms with Gasteiger partial charge in [-0.05, 0) is 62.2 Å². The lowest BCUT2D eigenvalue weighted by molar-refractivity contribution is 0.0990. The van der Waals surface area contributed by atoms with E-state index in [1.54, 1.807) is 10.9 Å². The molecule has 0 spiro atoms. The zero-order chi connectivity index (χ0) is 22.1. The van der Waals surface area contributed by atoms with Crippen LogP contribution in [0.5, 0.6) is 0 Å². The monoisotopic (exact) mass is 425 g/mol. The Hall–Kier alpha value is -3.38. The lowest BCUT2D eigenvalue weighted by Gasteiger charge is -2.29. The number of piperidine rings is 1. The molecule has 0 amide bonds. The van der Waals surface area contributed by atoms with E-state index in [-0.39, 0.29) is 12.2 Å². The number of fused-ring (bicyclic) bond motifs is 1. The van der Waals surface area contributed by atoms with E-state index in [9.17, 15) is 4.79 Å². The van der Waals surface area contributed by atoms with Crippen LogP contribution in [0, 0.1) is 0 Å². The van der Waals surface area contributed by atoms with Crippen LogP contribution in [0.25, 0.3) is 22.0 Å². The van der Waals surface area contributed by atoms with Crippen molar-refractivity contribution in [3.63, 3.8) is 0 Å². The van der Waals surface area contributed by atoms with E-state index in [0.717, 1.165) is 53.5 Å². The molecular weight excluding hydrogens is 398 g/mol. The van der Waals surface area contributed by atoms with Gasteiger partial charge in [-0.25, -0.2) is 9.97 Å². The molecule has 1 fully saturated rings. The smallest absolute Gasteiger partial charge is 0.170 e. The molecule has 1 saturated heterocycles. The Morgan fingerprint density at radius 3 is 2.66 bits per heavy atom. The lowest BCUT2D eigenvalue weighted by Crippen LogP contribution is -2.29. The standard InChI is InChI=1S/C26H27N5O/c1-30-10-8-18(9-11-30)19-4-3-5-21(12-19)25(32)14-26-27-15-22-7-6-20(13-24(22)29-26)23-16-28-31(2)17-23/h3-7,12-13,15-18H,8-11,14H2,1-2H3. The first-order chi connectivity index (χ1) is 15.5. The summed E-state index contributed by atoms with van der Waals surface area (Å²) in [4.78, 5) is 24.5. The van der Waals surface area contributed by atoms with Gasteiger partial charge in [0.15, 0.2) is 5.78 Å². The summed E-state index contributed by atoms with van der Waals surface area (Å²) in [5.41, 5.74) is 4.94. The van der Waals surface area contributed by atoms with Crippen LogP contribution in [0.3, 0.4) is 0 Å². The lowest BCUT2D eigenvalue weighted by atomic mass is 9.88. The van der Waals surface area contributed by atoms with Gasteiger partial charge in [-0.3, -0.25) is 9.48 Å². The molecule has 2 aromatic heterocycles. The highest BCUT2D eigenvalue weighted by molar-refractivity contribution is 5.97. The van der Waals surface area contributed by atoms with Gasteiger partial charge < -0.3 is 4.90 Å². The number of Topliss-reactive ketones (excluding diaryl/α,β-unsaturated/α-hetero) is 1. The molecule has 2 aromatic carbocycles. The number of carbonyl (C=O) groups is 1. The minimum absolute atomic E-state index is 0.0579. The average molecular weight is 426 g/mol. The third-order valence-electron chi connectivity index (χ3n) is 6.39. The van der Waals surface area contributed by atoms with Crippen molar-refractivity contribution in [3.8, 4) is 11.1 Å². The van der Waals surface area contributed by atoms with E-state index in [0.29, 0.717) is 11.7 Å². The van der Waals surface area contributed by atoms with E-state index < -0.39 is 0 Å². The van der Waals surface area contributed by atoms with E-state index in [1.165, 1.54) is 5.56 Å². The van der Waals surface area contributed by atoms with Crippen LogP contribution < -0.4 is 0 Å². The van der Waals surface area contributed by atoms with E-state index in [1.807, 2.05) is 49.8 Å². The van der Waals surface area contributed by atoms with E-state index >= 15 is 0 Å². The van der Waals surface area contributed by atoms with Gasteiger partial charge in [-0.2, -0.15) is 5.10 Å². The van der Waals surface area contributed by atoms with Gasteiger partial charge in [-0.1, -0.05) is 30.3 Å². The maximum atomic E-state index is 13.0. The molecule has 162 valence electrons. The number of hydrogen-bond acceptors (Lipinski definition) is 5. The van der Waals surface area contributed by atoms with Gasteiger partial charge in [0.05, 0.1) is 18.1 Å². The summed E-state index contributed by atoms with van der Waals surface area (Å²) >= 11 is 0. The van der Waals surface area contributed by atoms with Crippen LogP contribution >= 0.6 is 0 Å². The molecule has 0 bridgehead atoms. The van der Waals surface area contributed by atoms with Crippen LogP contribution in [0.1, 0.15) is 40.5 Å². The Labute approximate surface area is 187 Å². The number of hydrogen-bond donors (Lipinski definition) is 0. The highest BCUT2D eigenvalue weighted by atomic mass is 16.1. The first kappa shape index (κ1) is 20.5. The van der Waals surface area contributed by atoms with Crippen LogP contribution in [-0.4, -0.2) is 50.6 Å². The number of carbonyl (C=O) groups excluding carboxylic acids is 1. The van der Waals surface area contributed by atoms with Crippen LogP contribution in [-0.2, 0) is 13.5 Å². The number of aromatic nitrogens is 4. The summed E-state index contributed by atoms with van der Waals surface area (Å²) in [5.74, 6) is 1.14. The molecule has 32 heavy (non-hydrogen) atoms. The molecule has 6 nitrogen and oxygen atoms in total. The zero-order valence-electron chi connectivity index (χ0n) is 18.5. The first-order valence-electron chi connectivity index (χ1n) is 11.1. The molecule has 0 N–H and O–H groups in total. The maximum Gasteiger partial charge on any atom is 0.170 e. The Balaban J connectivity index is 1.36. The second-order valence-corrected chi connectivity index (χ2v) is 8.77. The quantitative estimate of drug-likeness (QED) is 0.447. The second-order valence-electron chi connectivity index (χ2n) is 8.77. The molecule has 6 heteroatoms. The SMILES string of the molecule is CN1CCC(c2cccc(C(=O)Cc3ncc4ccc(-c5cnn(C)c5)cc4n3)c2)CC1. The molecule has 0 unspecified atom stereocenters. The van der Waals surface area contributed by atoms with Crippen molar-refractivity contribution in [1.29, 1.82) is 0 Å². The van der Waals surface area contributed by atoms with Crippen LogP contribution in [0.2, 0.25) is 0 Å². The number of benzene rings is 2. The van der Waals surface area contributed by atoms with E-state index in [4.69, 9.17) is 0 Å². The third kappa shape index (κ3) is 4.32. The van der Waals surface area contributed by atoms with Gasteiger partial charge in [0, 0.05) is 36.0 Å². The highest BCUT2D eigenvalue weighted by Crippen LogP contribution is 2.28. The van der Waals surface area contributed by atoms with Crippen LogP contribution in [0.15, 0.2) is 61.1 Å². The van der Waals surface area contributed by atoms with Gasteiger partial charge in [0.2, 0.25) is 0 Å². The topological polar surface area (TPSA) is 63.9 Å². The molecule has 5 rings (SSSR count). The minimum Gasteiger partial charge on any atom is -0.306 e. The summed E-state index contributed by atoms with van der Waals surface area (Å²) in [5, 5.41) is 5.20. The van der Waals surface area contributed by atoms with Crippen molar-refractivity contribution in [2.45, 2.75) is 25.2 Å². The Bertz CT molecular complexity index is 1270. The molecule has 0 saturated carbocycles. The third-order valence-corrected chi connectivity index (χ3v) is 6.39. The van der Waals surface area contributed by atoms with Crippen molar-refractivity contribution in [3.05, 3.63) is 78.0 Å². The predicted molar refractivity (Wildman–Crippen MR) is 126 cm³/mol. The number of nitrogens with zero attached hydrogens (tertiary/aromatic N) is 5. The summed E-state index contributed by atoms with van der Waals surface area (Å²) in [6, 6.07) is 14.2. The van der Waals surface area contributed by atoms with Crippen molar-refractivity contribution >= 4 is 16.7 Å². The molecule has 4 aromatic rings. The number of aryl methyl sites for hydroxylation is 1. The molecular formula is C26H27N5O. The number of likely N-dealkylation sites (tertiary alicyclic amines) is 1. The minimum atomic E-state index is 0.0579. The van der Waals surface area contributed by atoms with Gasteiger partial charge >= 0.3 is 0 Å². The van der Waals surface area contributed by atoms with Gasteiger partial charge in [0.25, 0.3) is 0 Å². The molecule has 3 heterocycles. The molecule has 0 atom stereocenters. The largest absolute Gasteiger partial charge is 0.306 e. The second kappa shape index (κ2) is 8.63. The van der Waals surface area contributed by atoms with Crippen molar-refractivity contribution in [2.24, 2.45) is 7.05 Å². The van der Waals surface area contributed by atoms with Gasteiger partial charge in [-0.15, -0.1) is 0 Å². The normalized spacial score (nSPS) is 15.3. The fourth-order valence-electron chi connectivity index (χ4n) is 4.45. The Morgan fingerprint density at radius 2 is 1.88 bits per heavy atom. The maximum absolute atomic E-state index is 13.0. The Kier molecular flexibility index (Phi) is 5.53. The van der Waals surface area contributed by atoms with Crippen molar-refractivity contribution in [1.82, 2.24) is 24.6 Å². The summed E-state index contributed by atoms with van der Waals surface area (Å²) in [6.45, 7) is 2.21. The van der Waals surface area contributed by atoms with Crippen molar-refractivity contribution < 1.29 is 4.79 Å². The molecule has 1 aliphatic heterocycles. The number of ketones is 1. The molecule has 1 aliphatic rings. The van der Waals surface area contributed by atoms with E-state index in [2.05, 4.69) is 39.1 Å². The van der Waals surface area contributed by atoms with Crippen LogP contribution in [0.4, 0.5) is 0 Å². The highest BCUT2D eigenvalue weighted by Gasteiger charge is 2.19.